The molecule has 0 spiro atoms. The topological polar surface area (TPSA) is 49.9 Å². The van der Waals surface area contributed by atoms with Gasteiger partial charge in [0.25, 0.3) is 0 Å². The standard InChI is InChI=1S/C26H27F3N2O3S2/c1-18-8-6-7-11-22(18)26(17-34-16-19-12-24(28)25(29)13-23(19)27)14-21(35)15-31(26)36(32,33)30(2)20-9-4-3-5-10-20/h3-13,21,35H,14-17H2,1-2H3/t21-,26+/m1/s1. The first-order valence-electron chi connectivity index (χ1n) is 11.3. The smallest absolute Gasteiger partial charge is 0.304 e. The normalized spacial score (nSPS) is 20.6. The van der Waals surface area contributed by atoms with Crippen molar-refractivity contribution in [2.24, 2.45) is 0 Å². The number of ether oxygens (including phenoxy) is 1. The second-order valence-electron chi connectivity index (χ2n) is 8.90. The fourth-order valence-electron chi connectivity index (χ4n) is 4.71. The SMILES string of the molecule is Cc1ccccc1[C@@]1(COCc2cc(F)c(F)cc2F)C[C@@H](S)CN1S(=O)(=O)N(C)c1ccccc1. The number of para-hydroxylation sites is 1. The third-order valence-corrected chi connectivity index (χ3v) is 8.81. The largest absolute Gasteiger partial charge is 0.374 e. The minimum Gasteiger partial charge on any atom is -0.374 e. The molecular weight excluding hydrogens is 509 g/mol. The fourth-order valence-corrected chi connectivity index (χ4v) is 7.00. The summed E-state index contributed by atoms with van der Waals surface area (Å²) >= 11 is 4.64. The van der Waals surface area contributed by atoms with Gasteiger partial charge in [-0.3, -0.25) is 4.31 Å². The maximum Gasteiger partial charge on any atom is 0.304 e. The van der Waals surface area contributed by atoms with Crippen LogP contribution in [0.15, 0.2) is 66.7 Å². The monoisotopic (exact) mass is 536 g/mol. The van der Waals surface area contributed by atoms with Crippen LogP contribution in [0.5, 0.6) is 0 Å². The van der Waals surface area contributed by atoms with Crippen molar-refractivity contribution in [2.75, 3.05) is 24.5 Å². The molecule has 192 valence electrons. The second-order valence-corrected chi connectivity index (χ2v) is 11.5. The van der Waals surface area contributed by atoms with Gasteiger partial charge in [0.1, 0.15) is 5.82 Å². The maximum atomic E-state index is 14.2. The van der Waals surface area contributed by atoms with E-state index in [1.807, 2.05) is 31.2 Å². The van der Waals surface area contributed by atoms with Crippen LogP contribution in [0.1, 0.15) is 23.1 Å². The highest BCUT2D eigenvalue weighted by molar-refractivity contribution is 7.90. The molecule has 0 saturated carbocycles. The molecular formula is C26H27F3N2O3S2. The number of hydrogen-bond donors (Lipinski definition) is 1. The average Bonchev–Trinajstić information content (AvgIpc) is 3.20. The summed E-state index contributed by atoms with van der Waals surface area (Å²) in [6.45, 7) is 1.50. The quantitative estimate of drug-likeness (QED) is 0.318. The lowest BCUT2D eigenvalue weighted by molar-refractivity contribution is 0.0334. The van der Waals surface area contributed by atoms with Crippen molar-refractivity contribution in [3.63, 3.8) is 0 Å². The Kier molecular flexibility index (Phi) is 7.70. The van der Waals surface area contributed by atoms with E-state index in [4.69, 9.17) is 4.74 Å². The lowest BCUT2D eigenvalue weighted by atomic mass is 9.86. The van der Waals surface area contributed by atoms with Gasteiger partial charge in [-0.05, 0) is 42.7 Å². The van der Waals surface area contributed by atoms with Crippen molar-refractivity contribution in [1.82, 2.24) is 4.31 Å². The molecule has 1 saturated heterocycles. The molecule has 0 N–H and O–H groups in total. The lowest BCUT2D eigenvalue weighted by Gasteiger charge is -2.40. The first kappa shape index (κ1) is 26.5. The van der Waals surface area contributed by atoms with Crippen LogP contribution in [-0.4, -0.2) is 38.2 Å². The zero-order valence-corrected chi connectivity index (χ0v) is 21.6. The Labute approximate surface area is 215 Å². The predicted molar refractivity (Wildman–Crippen MR) is 137 cm³/mol. The Bertz CT molecular complexity index is 1340. The van der Waals surface area contributed by atoms with E-state index < -0.39 is 33.2 Å². The highest BCUT2D eigenvalue weighted by Gasteiger charge is 2.53. The summed E-state index contributed by atoms with van der Waals surface area (Å²) in [6.07, 6.45) is 0.336. The van der Waals surface area contributed by atoms with Gasteiger partial charge in [-0.1, -0.05) is 42.5 Å². The van der Waals surface area contributed by atoms with E-state index >= 15 is 0 Å². The van der Waals surface area contributed by atoms with Crippen LogP contribution in [0, 0.1) is 24.4 Å². The summed E-state index contributed by atoms with van der Waals surface area (Å²) in [5, 5.41) is -0.299. The Hall–Kier alpha value is -2.53. The predicted octanol–water partition coefficient (Wildman–Crippen LogP) is 5.21. The van der Waals surface area contributed by atoms with E-state index in [2.05, 4.69) is 12.6 Å². The first-order valence-corrected chi connectivity index (χ1v) is 13.2. The number of hydrogen-bond acceptors (Lipinski definition) is 4. The first-order chi connectivity index (χ1) is 17.1. The molecule has 0 amide bonds. The zero-order valence-electron chi connectivity index (χ0n) is 19.9. The lowest BCUT2D eigenvalue weighted by Crippen LogP contribution is -2.53. The summed E-state index contributed by atoms with van der Waals surface area (Å²) in [7, 11) is -2.58. The van der Waals surface area contributed by atoms with Crippen molar-refractivity contribution in [2.45, 2.75) is 30.7 Å². The van der Waals surface area contributed by atoms with Gasteiger partial charge in [-0.15, -0.1) is 0 Å². The van der Waals surface area contributed by atoms with E-state index in [1.54, 1.807) is 30.3 Å². The molecule has 4 rings (SSSR count). The molecule has 0 unspecified atom stereocenters. The summed E-state index contributed by atoms with van der Waals surface area (Å²) in [6, 6.07) is 17.3. The molecule has 1 aliphatic heterocycles. The third-order valence-electron chi connectivity index (χ3n) is 6.51. The van der Waals surface area contributed by atoms with Crippen LogP contribution in [-0.2, 0) is 27.1 Å². The molecule has 5 nitrogen and oxygen atoms in total. The van der Waals surface area contributed by atoms with Gasteiger partial charge in [-0.2, -0.15) is 25.4 Å². The molecule has 0 bridgehead atoms. The highest BCUT2D eigenvalue weighted by Crippen LogP contribution is 2.45. The number of nitrogens with zero attached hydrogens (tertiary/aromatic N) is 2. The number of aryl methyl sites for hydroxylation is 1. The number of rotatable bonds is 8. The molecule has 1 heterocycles. The minimum atomic E-state index is -4.06. The van der Waals surface area contributed by atoms with Crippen molar-refractivity contribution in [3.8, 4) is 0 Å². The summed E-state index contributed by atoms with van der Waals surface area (Å²) in [5.74, 6) is -3.42. The minimum absolute atomic E-state index is 0.125. The van der Waals surface area contributed by atoms with Crippen LogP contribution < -0.4 is 4.31 Å². The summed E-state index contributed by atoms with van der Waals surface area (Å²) in [4.78, 5) is 0. The number of halogens is 3. The molecule has 3 aromatic rings. The average molecular weight is 537 g/mol. The molecule has 36 heavy (non-hydrogen) atoms. The van der Waals surface area contributed by atoms with E-state index in [9.17, 15) is 21.6 Å². The van der Waals surface area contributed by atoms with Crippen molar-refractivity contribution >= 4 is 28.5 Å². The zero-order chi connectivity index (χ0) is 26.1. The van der Waals surface area contributed by atoms with E-state index in [-0.39, 0.29) is 30.6 Å². The number of anilines is 1. The van der Waals surface area contributed by atoms with Gasteiger partial charge in [0, 0.05) is 30.5 Å². The maximum absolute atomic E-state index is 14.2. The van der Waals surface area contributed by atoms with Crippen LogP contribution in [0.3, 0.4) is 0 Å². The van der Waals surface area contributed by atoms with Gasteiger partial charge in [0.15, 0.2) is 11.6 Å². The third kappa shape index (κ3) is 5.00. The van der Waals surface area contributed by atoms with E-state index in [0.717, 1.165) is 17.2 Å². The number of benzene rings is 3. The van der Waals surface area contributed by atoms with E-state index in [0.29, 0.717) is 18.2 Å². The number of thiol groups is 1. The van der Waals surface area contributed by atoms with Crippen molar-refractivity contribution in [3.05, 3.63) is 101 Å². The van der Waals surface area contributed by atoms with Crippen LogP contribution >= 0.6 is 12.6 Å². The molecule has 3 aromatic carbocycles. The summed E-state index contributed by atoms with van der Waals surface area (Å²) in [5.41, 5.74) is 0.755. The molecule has 2 atom stereocenters. The Balaban J connectivity index is 1.73. The van der Waals surface area contributed by atoms with Gasteiger partial charge in [-0.25, -0.2) is 13.2 Å². The fraction of sp³-hybridized carbons (Fsp3) is 0.308. The van der Waals surface area contributed by atoms with Gasteiger partial charge in [0.05, 0.1) is 24.4 Å². The van der Waals surface area contributed by atoms with Crippen molar-refractivity contribution in [1.29, 1.82) is 0 Å². The Morgan fingerprint density at radius 3 is 2.36 bits per heavy atom. The molecule has 0 radical (unpaired) electrons. The molecule has 0 aromatic heterocycles. The van der Waals surface area contributed by atoms with Crippen molar-refractivity contribution < 1.29 is 26.3 Å². The summed E-state index contributed by atoms with van der Waals surface area (Å²) < 4.78 is 77.7. The Morgan fingerprint density at radius 2 is 1.67 bits per heavy atom. The van der Waals surface area contributed by atoms with Crippen LogP contribution in [0.2, 0.25) is 0 Å². The van der Waals surface area contributed by atoms with Crippen LogP contribution in [0.4, 0.5) is 18.9 Å². The molecule has 10 heteroatoms. The van der Waals surface area contributed by atoms with Crippen LogP contribution in [0.25, 0.3) is 0 Å². The van der Waals surface area contributed by atoms with Gasteiger partial charge in [0.2, 0.25) is 0 Å². The molecule has 1 fully saturated rings. The van der Waals surface area contributed by atoms with Gasteiger partial charge < -0.3 is 4.74 Å². The van der Waals surface area contributed by atoms with Gasteiger partial charge >= 0.3 is 10.2 Å². The molecule has 0 aliphatic carbocycles. The Morgan fingerprint density at radius 1 is 1.03 bits per heavy atom. The second kappa shape index (κ2) is 10.5. The highest BCUT2D eigenvalue weighted by atomic mass is 32.2. The molecule has 1 aliphatic rings. The van der Waals surface area contributed by atoms with E-state index in [1.165, 1.54) is 15.7 Å².